The van der Waals surface area contributed by atoms with Gasteiger partial charge in [0.05, 0.1) is 97.0 Å². The molecule has 4 saturated heterocycles. The van der Waals surface area contributed by atoms with Crippen LogP contribution in [0.4, 0.5) is 4.79 Å². The number of allylic oxidation sites excluding steroid dienone is 3. The van der Waals surface area contributed by atoms with Gasteiger partial charge in [-0.2, -0.15) is 5.48 Å². The first-order chi connectivity index (χ1) is 42.2. The molecule has 0 unspecified atom stereocenters. The van der Waals surface area contributed by atoms with Gasteiger partial charge >= 0.3 is 6.09 Å². The summed E-state index contributed by atoms with van der Waals surface area (Å²) in [5, 5.41) is 63.0. The van der Waals surface area contributed by atoms with Crippen LogP contribution in [0.1, 0.15) is 62.9 Å². The average molecular weight is 1400 g/mol. The van der Waals surface area contributed by atoms with Crippen LogP contribution in [0.25, 0.3) is 0 Å². The molecule has 4 fully saturated rings. The Kier molecular flexibility index (Phi) is 25.4. The lowest BCUT2D eigenvalue weighted by atomic mass is 9.75. The molecule has 0 aromatic heterocycles. The summed E-state index contributed by atoms with van der Waals surface area (Å²) in [4.78, 5) is 48.8. The van der Waals surface area contributed by atoms with Gasteiger partial charge in [-0.25, -0.2) is 4.79 Å². The molecule has 0 spiro atoms. The summed E-state index contributed by atoms with van der Waals surface area (Å²) in [7, 11) is 9.73. The molecule has 8 rings (SSSR count). The van der Waals surface area contributed by atoms with Crippen LogP contribution < -0.4 is 30.3 Å². The Morgan fingerprint density at radius 1 is 0.852 bits per heavy atom. The normalized spacial score (nSPS) is 34.4. The second-order valence-electron chi connectivity index (χ2n) is 21.2. The van der Waals surface area contributed by atoms with E-state index in [1.807, 2.05) is 59.8 Å². The van der Waals surface area contributed by atoms with E-state index in [4.69, 9.17) is 61.7 Å². The molecule has 24 nitrogen and oxygen atoms in total. The lowest BCUT2D eigenvalue weighted by Gasteiger charge is -2.46. The number of ketones is 1. The number of halogens is 1. The van der Waals surface area contributed by atoms with Crippen LogP contribution in [0.15, 0.2) is 70.3 Å². The number of rotatable bonds is 22. The highest BCUT2D eigenvalue weighted by atomic mass is 127. The summed E-state index contributed by atoms with van der Waals surface area (Å²) < 4.78 is 72.8. The molecular weight excluding hydrogens is 1320 g/mol. The van der Waals surface area contributed by atoms with E-state index in [2.05, 4.69) is 39.8 Å². The van der Waals surface area contributed by atoms with Gasteiger partial charge in [-0.3, -0.25) is 19.7 Å². The van der Waals surface area contributed by atoms with Crippen LogP contribution in [0, 0.1) is 34.2 Å². The van der Waals surface area contributed by atoms with Crippen molar-refractivity contribution in [1.29, 1.82) is 0 Å². The van der Waals surface area contributed by atoms with Crippen LogP contribution in [-0.4, -0.2) is 212 Å². The Labute approximate surface area is 536 Å². The van der Waals surface area contributed by atoms with Gasteiger partial charge in [-0.05, 0) is 86.7 Å². The number of nitrogens with one attached hydrogen (secondary N) is 3. The number of aliphatic hydroxyl groups excluding tert-OH is 4. The fraction of sp³-hybridized carbons (Fsp3) is 0.583. The Hall–Kier alpha value is -4.07. The smallest absolute Gasteiger partial charge is 0.411 e. The van der Waals surface area contributed by atoms with E-state index in [9.17, 15) is 39.9 Å². The van der Waals surface area contributed by atoms with Crippen molar-refractivity contribution in [3.05, 3.63) is 80.1 Å². The van der Waals surface area contributed by atoms with Gasteiger partial charge in [0.2, 0.25) is 17.2 Å². The highest BCUT2D eigenvalue weighted by molar-refractivity contribution is 14.1. The molecule has 2 aromatic rings. The van der Waals surface area contributed by atoms with Crippen molar-refractivity contribution >= 4 is 72.9 Å². The molecule has 0 radical (unpaired) electrons. The van der Waals surface area contributed by atoms with Gasteiger partial charge in [-0.1, -0.05) is 88.2 Å². The number of carbonyl (C=O) groups excluding carboxylic acids is 3. The van der Waals surface area contributed by atoms with Gasteiger partial charge in [-0.15, -0.1) is 0 Å². The van der Waals surface area contributed by atoms with E-state index >= 15 is 0 Å². The van der Waals surface area contributed by atoms with Crippen LogP contribution in [-0.2, 0) is 52.3 Å². The van der Waals surface area contributed by atoms with Crippen molar-refractivity contribution in [2.45, 2.75) is 174 Å². The van der Waals surface area contributed by atoms with Crippen LogP contribution >= 0.6 is 55.9 Å². The number of methoxy groups -OCH3 is 5. The topological polar surface area (TPSA) is 308 Å². The molecule has 2 aliphatic carbocycles. The lowest BCUT2D eigenvalue weighted by molar-refractivity contribution is -0.336. The third kappa shape index (κ3) is 16.0. The Morgan fingerprint density at radius 3 is 2.26 bits per heavy atom. The van der Waals surface area contributed by atoms with Gasteiger partial charge in [0.1, 0.15) is 36.6 Å². The van der Waals surface area contributed by atoms with E-state index in [1.54, 1.807) is 40.9 Å². The summed E-state index contributed by atoms with van der Waals surface area (Å²) in [6.07, 6.45) is -13.9. The summed E-state index contributed by atoms with van der Waals surface area (Å²) in [6, 6.07) is 8.36. The summed E-state index contributed by atoms with van der Waals surface area (Å²) in [5.74, 6) is 11.3. The molecule has 28 heteroatoms. The first-order valence-electron chi connectivity index (χ1n) is 28.4. The minimum atomic E-state index is -2.09. The zero-order valence-corrected chi connectivity index (χ0v) is 54.7. The number of fused-ring (bicyclic) bond motifs is 2. The maximum Gasteiger partial charge on any atom is 0.411 e. The number of alkyl carbamates (subject to hydrolysis) is 1. The fourth-order valence-corrected chi connectivity index (χ4v) is 14.6. The average Bonchev–Trinajstić information content (AvgIpc) is 2.97. The number of amides is 1. The minimum absolute atomic E-state index is 0.0248. The molecule has 88 heavy (non-hydrogen) atoms. The molecule has 6 aliphatic rings. The van der Waals surface area contributed by atoms with Crippen LogP contribution in [0.3, 0.4) is 0 Å². The molecule has 2 bridgehead atoms. The highest BCUT2D eigenvalue weighted by Crippen LogP contribution is 2.49. The highest BCUT2D eigenvalue weighted by Gasteiger charge is 2.52. The predicted molar refractivity (Wildman–Crippen MR) is 331 cm³/mol. The molecule has 8 N–H and O–H groups in total. The van der Waals surface area contributed by atoms with Crippen molar-refractivity contribution in [1.82, 2.24) is 16.1 Å². The largest absolute Gasteiger partial charge is 0.492 e. The maximum atomic E-state index is 14.5. The number of thioether (sulfide) groups is 1. The number of hydrogen-bond acceptors (Lipinski definition) is 26. The molecule has 0 saturated carbocycles. The van der Waals surface area contributed by atoms with E-state index in [1.165, 1.54) is 55.1 Å². The van der Waals surface area contributed by atoms with E-state index < -0.39 is 127 Å². The van der Waals surface area contributed by atoms with Crippen LogP contribution in [0.2, 0.25) is 0 Å². The monoisotopic (exact) mass is 1400 g/mol. The van der Waals surface area contributed by atoms with Gasteiger partial charge in [0.25, 0.3) is 0 Å². The van der Waals surface area contributed by atoms with Gasteiger partial charge in [0.15, 0.2) is 41.8 Å². The first kappa shape index (κ1) is 69.8. The minimum Gasteiger partial charge on any atom is -0.492 e. The SMILES string of the molecule is CCN[C@H]1CO[C@@H](O[C@H]2[C@H](O[C@H]3C#CC=CC#C[C@]4(O)CC(=O)C(NC(=O)OC)=C3/C4=C\CSSc3ccccc3)O[C@H](C)[C@@H](NO[C@H]3C[C@H](O)[C@H](SC(=O)c4c(C)c(I)c(O[C@@H]5O[C@@H](C)[C@H](O)[C@@H](OC)[C@H]5O)c(OC)c4OC)[C@@H](C)O3)[C@@H]2O)C[C@@H]1OC. The summed E-state index contributed by atoms with van der Waals surface area (Å²) in [5.41, 5.74) is 1.23. The number of likely N-dealkylation sites (N-methyl/N-ethyl adjacent to an activating group) is 1. The van der Waals surface area contributed by atoms with E-state index in [0.717, 1.165) is 23.8 Å². The van der Waals surface area contributed by atoms with Crippen LogP contribution in [0.5, 0.6) is 17.2 Å². The van der Waals surface area contributed by atoms with Crippen molar-refractivity contribution in [3.8, 4) is 40.9 Å². The first-order valence-corrected chi connectivity index (χ1v) is 32.7. The lowest BCUT2D eigenvalue weighted by Crippen LogP contribution is -2.65. The fourth-order valence-electron chi connectivity index (χ4n) is 11.0. The molecule has 19 atom stereocenters. The molecule has 4 heterocycles. The third-order valence-corrected chi connectivity index (χ3v) is 20.5. The number of Topliss-reactive ketones (excluding diaryl/α,β-unsaturated/α-hetero) is 1. The van der Waals surface area contributed by atoms with Crippen molar-refractivity contribution in [2.24, 2.45) is 0 Å². The number of hydroxylamine groups is 1. The number of ether oxygens (including phenoxy) is 12. The molecular formula is C60H76IN3O21S3. The Bertz CT molecular complexity index is 3000. The third-order valence-electron chi connectivity index (χ3n) is 15.5. The number of carbonyl (C=O) groups is 3. The standard InChI is InChI=1S/C60H76IN3O21S3/c1-11-62-35-28-78-40(26-39(35)73-6)83-53-48(68)45(30(3)80-58(53)82-38-21-17-12-13-18-23-60(72)27-37(66)46(63-59(71)77-10)43(38)34(60)22-24-86-88-33-19-15-14-16-20-33)64-85-41-25-36(65)55(32(5)79-41)87-56(70)42-29(2)44(61)51(54(76-9)50(42)74-7)84-57-49(69)52(75-8)47(67)31(4)81-57/h12-16,19-20,22,30-32,35-36,38-41,45,47-49,52-53,55,57-58,62,64-65,67-69,72H,11,24-28H2,1-10H3,(H,63,71)/b13-12?,34-22+/t30-,31+,32-,35+,36+,38+,39+,40+,41+,45-,47+,48+,49-,52-,53-,55-,57+,58+,60+/m1/s1. The maximum absolute atomic E-state index is 14.5. The van der Waals surface area contributed by atoms with E-state index in [-0.39, 0.29) is 77.0 Å². The number of aliphatic hydroxyl groups is 5. The molecule has 482 valence electrons. The van der Waals surface area contributed by atoms with Crippen molar-refractivity contribution < 1.29 is 102 Å². The Balaban J connectivity index is 1.03. The van der Waals surface area contributed by atoms with E-state index in [0.29, 0.717) is 15.7 Å². The quantitative estimate of drug-likeness (QED) is 0.0272. The van der Waals surface area contributed by atoms with Crippen molar-refractivity contribution in [2.75, 3.05) is 54.5 Å². The second-order valence-corrected chi connectivity index (χ2v) is 25.9. The number of hydrogen-bond donors (Lipinski definition) is 8. The molecule has 2 aromatic carbocycles. The zero-order valence-electron chi connectivity index (χ0n) is 50.1. The van der Waals surface area contributed by atoms with Gasteiger partial charge < -0.3 is 87.7 Å². The summed E-state index contributed by atoms with van der Waals surface area (Å²) >= 11 is 2.83. The Morgan fingerprint density at radius 2 is 1.58 bits per heavy atom. The number of benzene rings is 2. The van der Waals surface area contributed by atoms with Crippen molar-refractivity contribution in [3.63, 3.8) is 0 Å². The molecule has 4 aliphatic heterocycles. The molecule has 1 amide bonds. The van der Waals surface area contributed by atoms with Gasteiger partial charge in [0, 0.05) is 48.9 Å². The predicted octanol–water partition coefficient (Wildman–Crippen LogP) is 3.98. The zero-order chi connectivity index (χ0) is 63.6. The second kappa shape index (κ2) is 32.0. The summed E-state index contributed by atoms with van der Waals surface area (Å²) in [6.45, 7) is 9.40.